The molecule has 5 heteroatoms. The third-order valence-corrected chi connectivity index (χ3v) is 3.55. The molecule has 0 aliphatic carbocycles. The number of ether oxygens (including phenoxy) is 1. The van der Waals surface area contributed by atoms with Gasteiger partial charge >= 0.3 is 0 Å². The van der Waals surface area contributed by atoms with E-state index < -0.39 is 0 Å². The fraction of sp³-hybridized carbons (Fsp3) is 0.562. The number of benzene rings is 1. The minimum absolute atomic E-state index is 0.00516. The summed E-state index contributed by atoms with van der Waals surface area (Å²) in [5.41, 5.74) is 1.99. The maximum absolute atomic E-state index is 11.9. The summed E-state index contributed by atoms with van der Waals surface area (Å²) in [7, 11) is 0. The van der Waals surface area contributed by atoms with Crippen LogP contribution in [0.1, 0.15) is 12.5 Å². The predicted octanol–water partition coefficient (Wildman–Crippen LogP) is 1.24. The van der Waals surface area contributed by atoms with Gasteiger partial charge in [-0.25, -0.2) is 0 Å². The van der Waals surface area contributed by atoms with Gasteiger partial charge in [0, 0.05) is 31.4 Å². The largest absolute Gasteiger partial charge is 0.379 e. The zero-order valence-electron chi connectivity index (χ0n) is 12.9. The SMILES string of the molecule is Cc1cccc(NC(=O)CNC(C)CN2CCOCC2)c1. The molecule has 0 aromatic heterocycles. The highest BCUT2D eigenvalue weighted by Crippen LogP contribution is 2.08. The van der Waals surface area contributed by atoms with Crippen molar-refractivity contribution in [3.05, 3.63) is 29.8 Å². The van der Waals surface area contributed by atoms with Gasteiger partial charge in [0.2, 0.25) is 5.91 Å². The Hall–Kier alpha value is -1.43. The van der Waals surface area contributed by atoms with Gasteiger partial charge in [0.1, 0.15) is 0 Å². The third kappa shape index (κ3) is 5.83. The summed E-state index contributed by atoms with van der Waals surface area (Å²) in [6.07, 6.45) is 0. The first-order chi connectivity index (χ1) is 10.1. The molecule has 0 bridgehead atoms. The summed E-state index contributed by atoms with van der Waals surface area (Å²) in [6, 6.07) is 8.11. The number of hydrogen-bond acceptors (Lipinski definition) is 4. The predicted molar refractivity (Wildman–Crippen MR) is 84.5 cm³/mol. The molecular weight excluding hydrogens is 266 g/mol. The summed E-state index contributed by atoms with van der Waals surface area (Å²) >= 11 is 0. The quantitative estimate of drug-likeness (QED) is 0.828. The molecule has 1 atom stereocenters. The number of morpholine rings is 1. The second-order valence-corrected chi connectivity index (χ2v) is 5.61. The number of aryl methyl sites for hydroxylation is 1. The summed E-state index contributed by atoms with van der Waals surface area (Å²) in [5, 5.41) is 6.18. The highest BCUT2D eigenvalue weighted by atomic mass is 16.5. The standard InChI is InChI=1S/C16H25N3O2/c1-13-4-3-5-15(10-13)18-16(20)11-17-14(2)12-19-6-8-21-9-7-19/h3-5,10,14,17H,6-9,11-12H2,1-2H3,(H,18,20). The van der Waals surface area contributed by atoms with Crippen LogP contribution in [0.25, 0.3) is 0 Å². The van der Waals surface area contributed by atoms with Crippen molar-refractivity contribution in [2.45, 2.75) is 19.9 Å². The Morgan fingerprint density at radius 2 is 2.14 bits per heavy atom. The van der Waals surface area contributed by atoms with Gasteiger partial charge in [0.05, 0.1) is 19.8 Å². The molecule has 1 heterocycles. The Bertz CT molecular complexity index is 459. The molecule has 1 aliphatic rings. The first-order valence-corrected chi connectivity index (χ1v) is 7.53. The minimum atomic E-state index is -0.00516. The van der Waals surface area contributed by atoms with E-state index in [2.05, 4.69) is 22.5 Å². The van der Waals surface area contributed by atoms with Crippen LogP contribution < -0.4 is 10.6 Å². The van der Waals surface area contributed by atoms with Crippen LogP contribution in [0, 0.1) is 6.92 Å². The van der Waals surface area contributed by atoms with Gasteiger partial charge < -0.3 is 15.4 Å². The molecule has 1 amide bonds. The van der Waals surface area contributed by atoms with Crippen LogP contribution in [-0.4, -0.2) is 56.2 Å². The van der Waals surface area contributed by atoms with E-state index >= 15 is 0 Å². The molecule has 2 N–H and O–H groups in total. The zero-order valence-corrected chi connectivity index (χ0v) is 12.9. The lowest BCUT2D eigenvalue weighted by Gasteiger charge is -2.29. The molecule has 0 saturated carbocycles. The van der Waals surface area contributed by atoms with Gasteiger partial charge in [-0.1, -0.05) is 12.1 Å². The lowest BCUT2D eigenvalue weighted by molar-refractivity contribution is -0.115. The topological polar surface area (TPSA) is 53.6 Å². The Labute approximate surface area is 126 Å². The van der Waals surface area contributed by atoms with Crippen molar-refractivity contribution >= 4 is 11.6 Å². The second-order valence-electron chi connectivity index (χ2n) is 5.61. The monoisotopic (exact) mass is 291 g/mol. The van der Waals surface area contributed by atoms with E-state index in [0.717, 1.165) is 44.1 Å². The molecule has 2 rings (SSSR count). The van der Waals surface area contributed by atoms with Crippen molar-refractivity contribution in [1.82, 2.24) is 10.2 Å². The number of rotatable bonds is 6. The lowest BCUT2D eigenvalue weighted by Crippen LogP contribution is -2.46. The fourth-order valence-corrected chi connectivity index (χ4v) is 2.43. The van der Waals surface area contributed by atoms with Crippen LogP contribution >= 0.6 is 0 Å². The Morgan fingerprint density at radius 1 is 1.38 bits per heavy atom. The van der Waals surface area contributed by atoms with E-state index in [9.17, 15) is 4.79 Å². The highest BCUT2D eigenvalue weighted by Gasteiger charge is 2.14. The van der Waals surface area contributed by atoms with Gasteiger partial charge in [-0.05, 0) is 31.5 Å². The molecule has 116 valence electrons. The number of anilines is 1. The molecule has 0 radical (unpaired) electrons. The normalized spacial score (nSPS) is 17.4. The van der Waals surface area contributed by atoms with E-state index in [-0.39, 0.29) is 11.9 Å². The second kappa shape index (κ2) is 8.12. The highest BCUT2D eigenvalue weighted by molar-refractivity contribution is 5.92. The molecular formula is C16H25N3O2. The average molecular weight is 291 g/mol. The van der Waals surface area contributed by atoms with E-state index in [1.807, 2.05) is 31.2 Å². The van der Waals surface area contributed by atoms with Crippen LogP contribution in [0.5, 0.6) is 0 Å². The molecule has 1 unspecified atom stereocenters. The summed E-state index contributed by atoms with van der Waals surface area (Å²) < 4.78 is 5.33. The molecule has 0 spiro atoms. The third-order valence-electron chi connectivity index (χ3n) is 3.55. The summed E-state index contributed by atoms with van der Waals surface area (Å²) in [6.45, 7) is 8.96. The number of carbonyl (C=O) groups is 1. The molecule has 1 saturated heterocycles. The molecule has 1 aromatic carbocycles. The van der Waals surface area contributed by atoms with Crippen LogP contribution in [0.2, 0.25) is 0 Å². The van der Waals surface area contributed by atoms with E-state index in [0.29, 0.717) is 6.54 Å². The Kier molecular flexibility index (Phi) is 6.17. The van der Waals surface area contributed by atoms with Crippen LogP contribution in [0.3, 0.4) is 0 Å². The van der Waals surface area contributed by atoms with E-state index in [4.69, 9.17) is 4.74 Å². The number of hydrogen-bond donors (Lipinski definition) is 2. The van der Waals surface area contributed by atoms with Crippen molar-refractivity contribution in [2.24, 2.45) is 0 Å². The number of carbonyl (C=O) groups excluding carboxylic acids is 1. The smallest absolute Gasteiger partial charge is 0.238 e. The summed E-state index contributed by atoms with van der Waals surface area (Å²) in [5.74, 6) is -0.00516. The van der Waals surface area contributed by atoms with E-state index in [1.165, 1.54) is 0 Å². The molecule has 1 aromatic rings. The number of amides is 1. The van der Waals surface area contributed by atoms with Gasteiger partial charge in [-0.15, -0.1) is 0 Å². The maximum Gasteiger partial charge on any atom is 0.238 e. The van der Waals surface area contributed by atoms with Gasteiger partial charge in [-0.3, -0.25) is 9.69 Å². The average Bonchev–Trinajstić information content (AvgIpc) is 2.46. The van der Waals surface area contributed by atoms with Crippen LogP contribution in [0.4, 0.5) is 5.69 Å². The minimum Gasteiger partial charge on any atom is -0.379 e. The first kappa shape index (κ1) is 15.9. The molecule has 5 nitrogen and oxygen atoms in total. The van der Waals surface area contributed by atoms with Crippen LogP contribution in [-0.2, 0) is 9.53 Å². The number of nitrogens with one attached hydrogen (secondary N) is 2. The van der Waals surface area contributed by atoms with Gasteiger partial charge in [-0.2, -0.15) is 0 Å². The molecule has 1 aliphatic heterocycles. The van der Waals surface area contributed by atoms with Crippen molar-refractivity contribution in [1.29, 1.82) is 0 Å². The Balaban J connectivity index is 1.68. The zero-order chi connectivity index (χ0) is 15.1. The first-order valence-electron chi connectivity index (χ1n) is 7.53. The summed E-state index contributed by atoms with van der Waals surface area (Å²) in [4.78, 5) is 14.3. The van der Waals surface area contributed by atoms with Gasteiger partial charge in [0.15, 0.2) is 0 Å². The fourth-order valence-electron chi connectivity index (χ4n) is 2.43. The van der Waals surface area contributed by atoms with Crippen molar-refractivity contribution < 1.29 is 9.53 Å². The van der Waals surface area contributed by atoms with Crippen molar-refractivity contribution in [3.63, 3.8) is 0 Å². The van der Waals surface area contributed by atoms with E-state index in [1.54, 1.807) is 0 Å². The lowest BCUT2D eigenvalue weighted by atomic mass is 10.2. The van der Waals surface area contributed by atoms with Gasteiger partial charge in [0.25, 0.3) is 0 Å². The Morgan fingerprint density at radius 3 is 2.86 bits per heavy atom. The van der Waals surface area contributed by atoms with Crippen molar-refractivity contribution in [3.8, 4) is 0 Å². The molecule has 1 fully saturated rings. The molecule has 21 heavy (non-hydrogen) atoms. The van der Waals surface area contributed by atoms with Crippen LogP contribution in [0.15, 0.2) is 24.3 Å². The maximum atomic E-state index is 11.9. The number of nitrogens with zero attached hydrogens (tertiary/aromatic N) is 1. The van der Waals surface area contributed by atoms with Crippen molar-refractivity contribution in [2.75, 3.05) is 44.7 Å².